The zero-order chi connectivity index (χ0) is 21.4. The van der Waals surface area contributed by atoms with Crippen molar-refractivity contribution in [1.82, 2.24) is 9.47 Å². The monoisotopic (exact) mass is 417 g/mol. The van der Waals surface area contributed by atoms with Crippen LogP contribution in [0, 0.1) is 0 Å². The molecule has 1 spiro atoms. The number of likely N-dealkylation sites (tertiary alicyclic amines) is 1. The highest BCUT2D eigenvalue weighted by Crippen LogP contribution is 2.44. The van der Waals surface area contributed by atoms with Gasteiger partial charge in [-0.15, -0.1) is 0 Å². The van der Waals surface area contributed by atoms with Crippen LogP contribution in [0.1, 0.15) is 35.8 Å². The lowest BCUT2D eigenvalue weighted by atomic mass is 9.82. The number of amides is 1. The van der Waals surface area contributed by atoms with Gasteiger partial charge in [-0.3, -0.25) is 4.79 Å². The summed E-state index contributed by atoms with van der Waals surface area (Å²) in [6.07, 6.45) is 3.80. The molecule has 0 aliphatic carbocycles. The molecule has 1 fully saturated rings. The summed E-state index contributed by atoms with van der Waals surface area (Å²) in [5, 5.41) is 3.79. The maximum absolute atomic E-state index is 13.1. The first-order valence-electron chi connectivity index (χ1n) is 10.8. The Morgan fingerprint density at radius 2 is 1.81 bits per heavy atom. The summed E-state index contributed by atoms with van der Waals surface area (Å²) in [6, 6.07) is 17.8. The molecule has 1 saturated heterocycles. The highest BCUT2D eigenvalue weighted by molar-refractivity contribution is 5.94. The first-order valence-corrected chi connectivity index (χ1v) is 10.8. The number of benzene rings is 2. The van der Waals surface area contributed by atoms with E-state index in [1.165, 1.54) is 5.69 Å². The number of nitrogens with one attached hydrogen (secondary N) is 1. The van der Waals surface area contributed by atoms with E-state index in [9.17, 15) is 4.79 Å². The molecule has 2 aromatic carbocycles. The molecular formula is C25H27N3O3. The summed E-state index contributed by atoms with van der Waals surface area (Å²) in [5.41, 5.74) is 3.94. The maximum Gasteiger partial charge on any atom is 0.253 e. The fourth-order valence-corrected chi connectivity index (χ4v) is 4.77. The van der Waals surface area contributed by atoms with E-state index in [1.807, 2.05) is 42.2 Å². The smallest absolute Gasteiger partial charge is 0.253 e. The topological polar surface area (TPSA) is 55.7 Å². The van der Waals surface area contributed by atoms with Gasteiger partial charge in [0.05, 0.1) is 30.6 Å². The lowest BCUT2D eigenvalue weighted by molar-refractivity contribution is 0.0676. The Bertz CT molecular complexity index is 1100. The molecule has 3 heterocycles. The number of nitrogens with zero attached hydrogens (tertiary/aromatic N) is 2. The van der Waals surface area contributed by atoms with Gasteiger partial charge in [0.1, 0.15) is 11.5 Å². The Morgan fingerprint density at radius 1 is 1.06 bits per heavy atom. The zero-order valence-corrected chi connectivity index (χ0v) is 17.9. The second kappa shape index (κ2) is 7.69. The minimum atomic E-state index is -0.196. The second-order valence-corrected chi connectivity index (χ2v) is 8.10. The number of ether oxygens (including phenoxy) is 2. The molecule has 5 rings (SSSR count). The van der Waals surface area contributed by atoms with Gasteiger partial charge in [-0.25, -0.2) is 0 Å². The third kappa shape index (κ3) is 3.32. The molecule has 0 radical (unpaired) electrons. The molecule has 160 valence electrons. The van der Waals surface area contributed by atoms with E-state index in [0.717, 1.165) is 35.7 Å². The number of rotatable bonds is 4. The highest BCUT2D eigenvalue weighted by atomic mass is 16.5. The number of fused-ring (bicyclic) bond motifs is 4. The van der Waals surface area contributed by atoms with E-state index in [-0.39, 0.29) is 11.4 Å². The molecule has 31 heavy (non-hydrogen) atoms. The number of anilines is 1. The van der Waals surface area contributed by atoms with Crippen LogP contribution in [-0.2, 0) is 5.54 Å². The Morgan fingerprint density at radius 3 is 2.52 bits per heavy atom. The van der Waals surface area contributed by atoms with E-state index < -0.39 is 0 Å². The molecular weight excluding hydrogens is 390 g/mol. The van der Waals surface area contributed by atoms with Crippen molar-refractivity contribution in [1.29, 1.82) is 0 Å². The van der Waals surface area contributed by atoms with Gasteiger partial charge in [-0.05, 0) is 68.3 Å². The standard InChI is InChI=1S/C25H27N3O3/c1-3-31-19-8-6-18(7-9-19)24(29)27-15-12-25(13-16-27)23-5-4-14-28(23)22-11-10-20(30-2)17-21(22)26-25/h4-11,14,17,26H,3,12-13,15-16H2,1-2H3. The van der Waals surface area contributed by atoms with Gasteiger partial charge in [0, 0.05) is 36.6 Å². The predicted molar refractivity (Wildman–Crippen MR) is 120 cm³/mol. The molecule has 1 N–H and O–H groups in total. The Hall–Kier alpha value is -3.41. The van der Waals surface area contributed by atoms with Crippen LogP contribution in [-0.4, -0.2) is 42.2 Å². The number of carbonyl (C=O) groups excluding carboxylic acids is 1. The molecule has 1 aromatic heterocycles. The van der Waals surface area contributed by atoms with Crippen LogP contribution >= 0.6 is 0 Å². The van der Waals surface area contributed by atoms with Crippen molar-refractivity contribution in [3.05, 3.63) is 72.1 Å². The highest BCUT2D eigenvalue weighted by Gasteiger charge is 2.42. The van der Waals surface area contributed by atoms with Gasteiger partial charge < -0.3 is 24.3 Å². The van der Waals surface area contributed by atoms with Crippen molar-refractivity contribution in [2.45, 2.75) is 25.3 Å². The van der Waals surface area contributed by atoms with Gasteiger partial charge in [-0.1, -0.05) is 0 Å². The minimum Gasteiger partial charge on any atom is -0.497 e. The summed E-state index contributed by atoms with van der Waals surface area (Å²) in [5.74, 6) is 1.70. The van der Waals surface area contributed by atoms with Crippen molar-refractivity contribution in [3.8, 4) is 17.2 Å². The molecule has 0 saturated carbocycles. The van der Waals surface area contributed by atoms with E-state index in [0.29, 0.717) is 25.3 Å². The van der Waals surface area contributed by atoms with Crippen LogP contribution in [0.5, 0.6) is 11.5 Å². The van der Waals surface area contributed by atoms with Crippen LogP contribution in [0.3, 0.4) is 0 Å². The average Bonchev–Trinajstić information content (AvgIpc) is 3.31. The Labute approximate surface area is 182 Å². The van der Waals surface area contributed by atoms with Crippen LogP contribution in [0.25, 0.3) is 5.69 Å². The second-order valence-electron chi connectivity index (χ2n) is 8.10. The Kier molecular flexibility index (Phi) is 4.85. The molecule has 6 nitrogen and oxygen atoms in total. The first kappa shape index (κ1) is 19.5. The average molecular weight is 418 g/mol. The summed E-state index contributed by atoms with van der Waals surface area (Å²) < 4.78 is 13.2. The van der Waals surface area contributed by atoms with E-state index >= 15 is 0 Å². The van der Waals surface area contributed by atoms with Crippen LogP contribution in [0.15, 0.2) is 60.8 Å². The fourth-order valence-electron chi connectivity index (χ4n) is 4.77. The van der Waals surface area contributed by atoms with Gasteiger partial charge in [0.25, 0.3) is 5.91 Å². The number of methoxy groups -OCH3 is 1. The number of carbonyl (C=O) groups is 1. The van der Waals surface area contributed by atoms with Gasteiger partial charge in [-0.2, -0.15) is 0 Å². The molecule has 0 unspecified atom stereocenters. The molecule has 0 atom stereocenters. The van der Waals surface area contributed by atoms with Gasteiger partial charge in [0.15, 0.2) is 0 Å². The van der Waals surface area contributed by atoms with Crippen molar-refractivity contribution in [2.75, 3.05) is 32.1 Å². The lowest BCUT2D eigenvalue weighted by Gasteiger charge is -2.46. The minimum absolute atomic E-state index is 0.0751. The molecule has 1 amide bonds. The zero-order valence-electron chi connectivity index (χ0n) is 17.9. The number of hydrogen-bond acceptors (Lipinski definition) is 4. The third-order valence-electron chi connectivity index (χ3n) is 6.39. The van der Waals surface area contributed by atoms with Crippen molar-refractivity contribution < 1.29 is 14.3 Å². The summed E-state index contributed by atoms with van der Waals surface area (Å²) in [6.45, 7) is 3.96. The number of piperidine rings is 1. The lowest BCUT2D eigenvalue weighted by Crippen LogP contribution is -2.51. The molecule has 6 heteroatoms. The first-order chi connectivity index (χ1) is 15.1. The van der Waals surface area contributed by atoms with E-state index in [1.54, 1.807) is 7.11 Å². The molecule has 2 aliphatic heterocycles. The van der Waals surface area contributed by atoms with E-state index in [4.69, 9.17) is 9.47 Å². The fraction of sp³-hybridized carbons (Fsp3) is 0.320. The van der Waals surface area contributed by atoms with Crippen molar-refractivity contribution in [2.24, 2.45) is 0 Å². The summed E-state index contributed by atoms with van der Waals surface area (Å²) in [4.78, 5) is 15.0. The maximum atomic E-state index is 13.1. The summed E-state index contributed by atoms with van der Waals surface area (Å²) in [7, 11) is 1.69. The quantitative estimate of drug-likeness (QED) is 0.682. The van der Waals surface area contributed by atoms with E-state index in [2.05, 4.69) is 40.3 Å². The number of hydrogen-bond donors (Lipinski definition) is 1. The molecule has 0 bridgehead atoms. The summed E-state index contributed by atoms with van der Waals surface area (Å²) >= 11 is 0. The Balaban J connectivity index is 1.36. The SMILES string of the molecule is CCOc1ccc(C(=O)N2CCC3(CC2)Nc2cc(OC)ccc2-n2cccc23)cc1. The van der Waals surface area contributed by atoms with Crippen molar-refractivity contribution in [3.63, 3.8) is 0 Å². The van der Waals surface area contributed by atoms with Gasteiger partial charge >= 0.3 is 0 Å². The van der Waals surface area contributed by atoms with Crippen LogP contribution in [0.4, 0.5) is 5.69 Å². The normalized spacial score (nSPS) is 16.3. The number of aromatic nitrogens is 1. The van der Waals surface area contributed by atoms with Crippen LogP contribution < -0.4 is 14.8 Å². The molecule has 3 aromatic rings. The van der Waals surface area contributed by atoms with Crippen LogP contribution in [0.2, 0.25) is 0 Å². The largest absolute Gasteiger partial charge is 0.497 e. The predicted octanol–water partition coefficient (Wildman–Crippen LogP) is 4.44. The molecule has 2 aliphatic rings. The van der Waals surface area contributed by atoms with Gasteiger partial charge in [0.2, 0.25) is 0 Å². The third-order valence-corrected chi connectivity index (χ3v) is 6.39. The van der Waals surface area contributed by atoms with Crippen molar-refractivity contribution >= 4 is 11.6 Å².